The van der Waals surface area contributed by atoms with Gasteiger partial charge in [0.05, 0.1) is 13.0 Å². The highest BCUT2D eigenvalue weighted by atomic mass is 19.4. The van der Waals surface area contributed by atoms with Crippen molar-refractivity contribution in [3.05, 3.63) is 12.2 Å². The second-order valence-electron chi connectivity index (χ2n) is 5.92. The molecule has 0 bridgehead atoms. The Morgan fingerprint density at radius 1 is 0.677 bits per heavy atom. The third-order valence-electron chi connectivity index (χ3n) is 3.78. The normalized spacial score (nSPS) is 15.1. The smallest absolute Gasteiger partial charge is 0.422 e. The van der Waals surface area contributed by atoms with E-state index in [1.54, 1.807) is 0 Å². The summed E-state index contributed by atoms with van der Waals surface area (Å²) in [5.41, 5.74) is -2.35. The third kappa shape index (κ3) is 4.83. The van der Waals surface area contributed by atoms with Crippen molar-refractivity contribution < 1.29 is 75.4 Å². The van der Waals surface area contributed by atoms with Crippen LogP contribution in [0.3, 0.4) is 0 Å². The Balaban J connectivity index is 5.79. The van der Waals surface area contributed by atoms with E-state index in [2.05, 4.69) is 11.3 Å². The average molecular weight is 496 g/mol. The molecule has 0 aromatic rings. The molecule has 0 aliphatic rings. The lowest BCUT2D eigenvalue weighted by Gasteiger charge is -2.41. The molecule has 0 spiro atoms. The average Bonchev–Trinajstić information content (AvgIpc) is 2.58. The zero-order valence-corrected chi connectivity index (χ0v) is 14.8. The van der Waals surface area contributed by atoms with E-state index in [1.165, 1.54) is 0 Å². The van der Waals surface area contributed by atoms with Crippen molar-refractivity contribution in [2.45, 2.75) is 61.5 Å². The Morgan fingerprint density at radius 2 is 1.03 bits per heavy atom. The minimum absolute atomic E-state index is 0.0814. The van der Waals surface area contributed by atoms with Crippen LogP contribution < -0.4 is 0 Å². The van der Waals surface area contributed by atoms with Crippen molar-refractivity contribution in [3.8, 4) is 0 Å². The Morgan fingerprint density at radius 3 is 1.35 bits per heavy atom. The van der Waals surface area contributed by atoms with Crippen LogP contribution >= 0.6 is 0 Å². The Labute approximate surface area is 163 Å². The molecule has 184 valence electrons. The predicted molar refractivity (Wildman–Crippen MR) is 70.7 cm³/mol. The van der Waals surface area contributed by atoms with Crippen LogP contribution in [-0.4, -0.2) is 54.3 Å². The number of esters is 1. The summed E-state index contributed by atoms with van der Waals surface area (Å²) in [6.45, 7) is -0.0305. The predicted octanol–water partition coefficient (Wildman–Crippen LogP) is 6.26. The van der Waals surface area contributed by atoms with Gasteiger partial charge in [0, 0.05) is 6.42 Å². The van der Waals surface area contributed by atoms with Gasteiger partial charge in [-0.25, -0.2) is 4.79 Å². The molecule has 2 nitrogen and oxygen atoms in total. The first-order chi connectivity index (χ1) is 13.3. The van der Waals surface area contributed by atoms with E-state index in [1.807, 2.05) is 0 Å². The molecule has 31 heavy (non-hydrogen) atoms. The quantitative estimate of drug-likeness (QED) is 0.203. The number of halogens is 15. The highest BCUT2D eigenvalue weighted by Gasteiger charge is 2.89. The number of alkyl halides is 15. The summed E-state index contributed by atoms with van der Waals surface area (Å²) in [4.78, 5) is 10.8. The maximum Gasteiger partial charge on any atom is 0.422 e. The molecule has 0 aromatic heterocycles. The molecule has 0 radical (unpaired) electrons. The van der Waals surface area contributed by atoms with Gasteiger partial charge in [-0.1, -0.05) is 13.5 Å². The van der Waals surface area contributed by atoms with Crippen LogP contribution in [0.4, 0.5) is 65.9 Å². The SMILES string of the molecule is C=C(C(=O)OCCC(F)(F)C(F)(F)C(F)(F)C(F)(F)C(F)(F)C(F)(F)CC)C(F)(F)F. The van der Waals surface area contributed by atoms with E-state index < -0.39 is 72.7 Å². The summed E-state index contributed by atoms with van der Waals surface area (Å²) in [5.74, 6) is -45.2. The maximum absolute atomic E-state index is 13.5. The molecular formula is C14H11F15O2. The first-order valence-corrected chi connectivity index (χ1v) is 7.55. The van der Waals surface area contributed by atoms with Gasteiger partial charge in [-0.15, -0.1) is 0 Å². The minimum atomic E-state index is -7.80. The van der Waals surface area contributed by atoms with E-state index in [0.29, 0.717) is 0 Å². The molecule has 0 atom stereocenters. The van der Waals surface area contributed by atoms with Crippen LogP contribution in [0.1, 0.15) is 19.8 Å². The molecule has 0 aromatic carbocycles. The van der Waals surface area contributed by atoms with E-state index in [0.717, 1.165) is 0 Å². The van der Waals surface area contributed by atoms with Gasteiger partial charge in [-0.3, -0.25) is 0 Å². The first kappa shape index (κ1) is 29.2. The molecule has 0 saturated carbocycles. The molecule has 0 unspecified atom stereocenters. The lowest BCUT2D eigenvalue weighted by Crippen LogP contribution is -2.70. The van der Waals surface area contributed by atoms with Gasteiger partial charge < -0.3 is 4.74 Å². The minimum Gasteiger partial charge on any atom is -0.462 e. The van der Waals surface area contributed by atoms with Crippen molar-refractivity contribution in [3.63, 3.8) is 0 Å². The second-order valence-corrected chi connectivity index (χ2v) is 5.92. The van der Waals surface area contributed by atoms with Gasteiger partial charge in [0.1, 0.15) is 5.57 Å². The van der Waals surface area contributed by atoms with E-state index in [-0.39, 0.29) is 6.92 Å². The van der Waals surface area contributed by atoms with Gasteiger partial charge in [0.25, 0.3) is 0 Å². The molecular weight excluding hydrogens is 485 g/mol. The van der Waals surface area contributed by atoms with Gasteiger partial charge in [0.2, 0.25) is 0 Å². The molecule has 0 amide bonds. The van der Waals surface area contributed by atoms with Gasteiger partial charge in [-0.05, 0) is 0 Å². The molecule has 0 saturated heterocycles. The van der Waals surface area contributed by atoms with Crippen LogP contribution in [-0.2, 0) is 9.53 Å². The van der Waals surface area contributed by atoms with Crippen molar-refractivity contribution in [1.29, 1.82) is 0 Å². The molecule has 0 aliphatic carbocycles. The van der Waals surface area contributed by atoms with Crippen molar-refractivity contribution in [1.82, 2.24) is 0 Å². The largest absolute Gasteiger partial charge is 0.462 e. The number of ether oxygens (including phenoxy) is 1. The number of carbonyl (C=O) groups excluding carboxylic acids is 1. The fourth-order valence-electron chi connectivity index (χ4n) is 1.71. The molecule has 0 rings (SSSR count). The van der Waals surface area contributed by atoms with Crippen LogP contribution in [0.5, 0.6) is 0 Å². The topological polar surface area (TPSA) is 26.3 Å². The molecule has 0 fully saturated rings. The summed E-state index contributed by atoms with van der Waals surface area (Å²) in [7, 11) is 0. The van der Waals surface area contributed by atoms with Crippen LogP contribution in [0.2, 0.25) is 0 Å². The standard InChI is InChI=1S/C14H11F15O2/c1-3-8(15,16)11(22,23)13(26,27)14(28,29)12(24,25)9(17,18)4-5-31-7(30)6(2)10(19,20)21/h2-5H2,1H3. The van der Waals surface area contributed by atoms with E-state index in [4.69, 9.17) is 0 Å². The van der Waals surface area contributed by atoms with Crippen LogP contribution in [0.25, 0.3) is 0 Å². The fourth-order valence-corrected chi connectivity index (χ4v) is 1.71. The molecule has 0 N–H and O–H groups in total. The van der Waals surface area contributed by atoms with E-state index in [9.17, 15) is 70.7 Å². The highest BCUT2D eigenvalue weighted by Crippen LogP contribution is 2.60. The van der Waals surface area contributed by atoms with Gasteiger partial charge >= 0.3 is 47.7 Å². The second kappa shape index (κ2) is 8.26. The third-order valence-corrected chi connectivity index (χ3v) is 3.78. The van der Waals surface area contributed by atoms with Crippen molar-refractivity contribution in [2.24, 2.45) is 0 Å². The number of carbonyl (C=O) groups is 1. The summed E-state index contributed by atoms with van der Waals surface area (Å²) >= 11 is 0. The summed E-state index contributed by atoms with van der Waals surface area (Å²) in [5, 5.41) is 0. The van der Waals surface area contributed by atoms with Crippen LogP contribution in [0, 0.1) is 0 Å². The molecule has 0 aliphatic heterocycles. The van der Waals surface area contributed by atoms with Gasteiger partial charge in [0.15, 0.2) is 0 Å². The zero-order valence-electron chi connectivity index (χ0n) is 14.8. The maximum atomic E-state index is 13.5. The monoisotopic (exact) mass is 496 g/mol. The molecule has 17 heteroatoms. The van der Waals surface area contributed by atoms with Crippen molar-refractivity contribution >= 4 is 5.97 Å². The lowest BCUT2D eigenvalue weighted by atomic mass is 9.90. The van der Waals surface area contributed by atoms with Gasteiger partial charge in [-0.2, -0.15) is 65.9 Å². The van der Waals surface area contributed by atoms with Crippen molar-refractivity contribution in [2.75, 3.05) is 6.61 Å². The Kier molecular flexibility index (Phi) is 7.77. The zero-order chi connectivity index (χ0) is 25.5. The Hall–Kier alpha value is -1.84. The number of hydrogen-bond acceptors (Lipinski definition) is 2. The summed E-state index contributed by atoms with van der Waals surface area (Å²) in [6, 6.07) is 0. The number of rotatable bonds is 10. The summed E-state index contributed by atoms with van der Waals surface area (Å²) < 4.78 is 199. The van der Waals surface area contributed by atoms with E-state index >= 15 is 0 Å². The molecule has 0 heterocycles. The lowest BCUT2D eigenvalue weighted by molar-refractivity contribution is -0.425. The first-order valence-electron chi connectivity index (χ1n) is 7.55. The highest BCUT2D eigenvalue weighted by molar-refractivity contribution is 5.89. The number of hydrogen-bond donors (Lipinski definition) is 0. The fraction of sp³-hybridized carbons (Fsp3) is 0.786. The summed E-state index contributed by atoms with van der Waals surface area (Å²) in [6.07, 6.45) is -10.6. The van der Waals surface area contributed by atoms with Crippen LogP contribution in [0.15, 0.2) is 12.2 Å². The Bertz CT molecular complexity index is 678.